The summed E-state index contributed by atoms with van der Waals surface area (Å²) in [6, 6.07) is 2.57. The van der Waals surface area contributed by atoms with Crippen LogP contribution in [0.25, 0.3) is 0 Å². The second kappa shape index (κ2) is 2.47. The van der Waals surface area contributed by atoms with E-state index in [0.29, 0.717) is 24.4 Å². The molecule has 1 aliphatic heterocycles. The Morgan fingerprint density at radius 2 is 2.23 bits per heavy atom. The smallest absolute Gasteiger partial charge is 0.224 e. The molecule has 0 aromatic rings. The first-order chi connectivity index (χ1) is 6.04. The predicted molar refractivity (Wildman–Crippen MR) is 47.6 cm³/mol. The molecule has 0 aromatic carbocycles. The van der Waals surface area contributed by atoms with Crippen LogP contribution in [0, 0.1) is 22.7 Å². The van der Waals surface area contributed by atoms with Crippen molar-refractivity contribution < 1.29 is 4.79 Å². The highest BCUT2D eigenvalue weighted by Gasteiger charge is 2.53. The van der Waals surface area contributed by atoms with Gasteiger partial charge in [-0.15, -0.1) is 0 Å². The zero-order valence-electron chi connectivity index (χ0n) is 8.08. The molecule has 1 heterocycles. The molecule has 70 valence electrons. The number of likely N-dealkylation sites (tertiary alicyclic amines) is 1. The molecule has 2 atom stereocenters. The maximum Gasteiger partial charge on any atom is 0.224 e. The summed E-state index contributed by atoms with van der Waals surface area (Å²) in [6.07, 6.45) is 1.53. The van der Waals surface area contributed by atoms with E-state index in [1.54, 1.807) is 0 Å². The first-order valence-corrected chi connectivity index (χ1v) is 4.73. The summed E-state index contributed by atoms with van der Waals surface area (Å²) in [5.74, 6) is 0.103. The van der Waals surface area contributed by atoms with Crippen molar-refractivity contribution in [2.45, 2.75) is 32.7 Å². The first-order valence-electron chi connectivity index (χ1n) is 4.73. The Balaban J connectivity index is 2.04. The zero-order chi connectivity index (χ0) is 9.64. The summed E-state index contributed by atoms with van der Waals surface area (Å²) in [7, 11) is 0. The Bertz CT molecular complexity index is 290. The third-order valence-electron chi connectivity index (χ3n) is 3.18. The third kappa shape index (κ3) is 1.31. The molecule has 3 nitrogen and oxygen atoms in total. The minimum Gasteiger partial charge on any atom is -0.338 e. The topological polar surface area (TPSA) is 44.1 Å². The van der Waals surface area contributed by atoms with Crippen molar-refractivity contribution >= 4 is 5.91 Å². The number of carbonyl (C=O) groups is 1. The van der Waals surface area contributed by atoms with Crippen LogP contribution in [0.5, 0.6) is 0 Å². The molecule has 0 spiro atoms. The summed E-state index contributed by atoms with van der Waals surface area (Å²) < 4.78 is 0. The Morgan fingerprint density at radius 1 is 1.62 bits per heavy atom. The van der Waals surface area contributed by atoms with Gasteiger partial charge in [0.15, 0.2) is 0 Å². The first kappa shape index (κ1) is 8.55. The largest absolute Gasteiger partial charge is 0.338 e. The quantitative estimate of drug-likeness (QED) is 0.604. The number of nitrogens with zero attached hydrogens (tertiary/aromatic N) is 2. The van der Waals surface area contributed by atoms with Crippen LogP contribution < -0.4 is 0 Å². The van der Waals surface area contributed by atoms with Crippen molar-refractivity contribution in [2.75, 3.05) is 6.54 Å². The molecular weight excluding hydrogens is 164 g/mol. The van der Waals surface area contributed by atoms with Gasteiger partial charge in [-0.1, -0.05) is 13.8 Å². The van der Waals surface area contributed by atoms with Gasteiger partial charge in [0, 0.05) is 19.0 Å². The average molecular weight is 178 g/mol. The van der Waals surface area contributed by atoms with Crippen molar-refractivity contribution in [2.24, 2.45) is 11.3 Å². The van der Waals surface area contributed by atoms with Crippen LogP contribution in [0.2, 0.25) is 0 Å². The summed E-state index contributed by atoms with van der Waals surface area (Å²) in [5, 5.41) is 8.70. The molecular formula is C10H14N2O. The van der Waals surface area contributed by atoms with Gasteiger partial charge < -0.3 is 4.90 Å². The summed E-state index contributed by atoms with van der Waals surface area (Å²) in [4.78, 5) is 13.4. The molecule has 0 radical (unpaired) electrons. The SMILES string of the molecule is CC1(C)CC1N1CC(C#N)CC1=O. The molecule has 0 bridgehead atoms. The van der Waals surface area contributed by atoms with Crippen LogP contribution >= 0.6 is 0 Å². The van der Waals surface area contributed by atoms with E-state index in [1.165, 1.54) is 0 Å². The van der Waals surface area contributed by atoms with Crippen molar-refractivity contribution in [1.29, 1.82) is 5.26 Å². The minimum atomic E-state index is -0.0658. The van der Waals surface area contributed by atoms with E-state index < -0.39 is 0 Å². The average Bonchev–Trinajstić information content (AvgIpc) is 2.54. The number of hydrogen-bond acceptors (Lipinski definition) is 2. The van der Waals surface area contributed by atoms with E-state index >= 15 is 0 Å². The van der Waals surface area contributed by atoms with Gasteiger partial charge in [0.2, 0.25) is 5.91 Å². The maximum absolute atomic E-state index is 11.5. The van der Waals surface area contributed by atoms with Crippen molar-refractivity contribution in [3.63, 3.8) is 0 Å². The molecule has 2 unspecified atom stereocenters. The molecule has 2 rings (SSSR count). The maximum atomic E-state index is 11.5. The van der Waals surface area contributed by atoms with Gasteiger partial charge in [0.05, 0.1) is 12.0 Å². The molecule has 13 heavy (non-hydrogen) atoms. The van der Waals surface area contributed by atoms with Crippen LogP contribution in [0.3, 0.4) is 0 Å². The van der Waals surface area contributed by atoms with E-state index in [2.05, 4.69) is 19.9 Å². The lowest BCUT2D eigenvalue weighted by molar-refractivity contribution is -0.128. The van der Waals surface area contributed by atoms with Crippen molar-refractivity contribution in [3.8, 4) is 6.07 Å². The van der Waals surface area contributed by atoms with Gasteiger partial charge in [-0.2, -0.15) is 5.26 Å². The summed E-state index contributed by atoms with van der Waals surface area (Å²) in [6.45, 7) is 5.00. The van der Waals surface area contributed by atoms with E-state index in [-0.39, 0.29) is 11.8 Å². The standard InChI is InChI=1S/C10H14N2O/c1-10(2)4-8(10)12-6-7(5-11)3-9(12)13/h7-8H,3-4,6H2,1-2H3. The van der Waals surface area contributed by atoms with E-state index in [0.717, 1.165) is 6.42 Å². The van der Waals surface area contributed by atoms with Gasteiger partial charge >= 0.3 is 0 Å². The molecule has 1 aliphatic carbocycles. The third-order valence-corrected chi connectivity index (χ3v) is 3.18. The van der Waals surface area contributed by atoms with E-state index in [4.69, 9.17) is 5.26 Å². The molecule has 2 aliphatic rings. The minimum absolute atomic E-state index is 0.0658. The Morgan fingerprint density at radius 3 is 2.62 bits per heavy atom. The highest BCUT2D eigenvalue weighted by Crippen LogP contribution is 2.49. The van der Waals surface area contributed by atoms with Crippen LogP contribution in [0.1, 0.15) is 26.7 Å². The lowest BCUT2D eigenvalue weighted by Gasteiger charge is -2.17. The van der Waals surface area contributed by atoms with Gasteiger partial charge in [0.1, 0.15) is 0 Å². The van der Waals surface area contributed by atoms with Crippen LogP contribution in [-0.2, 0) is 4.79 Å². The zero-order valence-corrected chi connectivity index (χ0v) is 8.08. The number of rotatable bonds is 1. The Kier molecular flexibility index (Phi) is 1.63. The van der Waals surface area contributed by atoms with Gasteiger partial charge in [0.25, 0.3) is 0 Å². The van der Waals surface area contributed by atoms with Gasteiger partial charge in [-0.05, 0) is 11.8 Å². The molecule has 3 heteroatoms. The predicted octanol–water partition coefficient (Wildman–Crippen LogP) is 1.16. The number of hydrogen-bond donors (Lipinski definition) is 0. The van der Waals surface area contributed by atoms with E-state index in [9.17, 15) is 4.79 Å². The number of nitriles is 1. The molecule has 0 aromatic heterocycles. The molecule has 0 N–H and O–H groups in total. The fourth-order valence-corrected chi connectivity index (χ4v) is 2.09. The van der Waals surface area contributed by atoms with Crippen LogP contribution in [-0.4, -0.2) is 23.4 Å². The Hall–Kier alpha value is -1.04. The number of amides is 1. The molecule has 1 amide bonds. The molecule has 1 saturated carbocycles. The summed E-state index contributed by atoms with van der Waals surface area (Å²) in [5.41, 5.74) is 0.292. The fourth-order valence-electron chi connectivity index (χ4n) is 2.09. The van der Waals surface area contributed by atoms with Gasteiger partial charge in [-0.25, -0.2) is 0 Å². The van der Waals surface area contributed by atoms with Crippen LogP contribution in [0.4, 0.5) is 0 Å². The number of carbonyl (C=O) groups excluding carboxylic acids is 1. The Labute approximate surface area is 78.3 Å². The lowest BCUT2D eigenvalue weighted by atomic mass is 10.1. The van der Waals surface area contributed by atoms with Gasteiger partial charge in [-0.3, -0.25) is 4.79 Å². The monoisotopic (exact) mass is 178 g/mol. The van der Waals surface area contributed by atoms with Crippen LogP contribution in [0.15, 0.2) is 0 Å². The molecule has 1 saturated heterocycles. The van der Waals surface area contributed by atoms with Crippen molar-refractivity contribution in [3.05, 3.63) is 0 Å². The molecule has 2 fully saturated rings. The lowest BCUT2D eigenvalue weighted by Crippen LogP contribution is -2.30. The normalized spacial score (nSPS) is 36.1. The van der Waals surface area contributed by atoms with Crippen molar-refractivity contribution in [1.82, 2.24) is 4.90 Å². The highest BCUT2D eigenvalue weighted by molar-refractivity contribution is 5.80. The second-order valence-corrected chi connectivity index (χ2v) is 4.78. The summed E-state index contributed by atoms with van der Waals surface area (Å²) >= 11 is 0. The second-order valence-electron chi connectivity index (χ2n) is 4.78. The highest BCUT2D eigenvalue weighted by atomic mass is 16.2. The fraction of sp³-hybridized carbons (Fsp3) is 0.800. The van der Waals surface area contributed by atoms with E-state index in [1.807, 2.05) is 4.90 Å².